The first-order valence-corrected chi connectivity index (χ1v) is 14.8. The summed E-state index contributed by atoms with van der Waals surface area (Å²) >= 11 is 0. The van der Waals surface area contributed by atoms with Gasteiger partial charge in [0.1, 0.15) is 18.3 Å². The lowest BCUT2D eigenvalue weighted by molar-refractivity contribution is -0.140. The maximum absolute atomic E-state index is 14.1. The quantitative estimate of drug-likeness (QED) is 0.347. The molecule has 1 atom stereocenters. The molecule has 3 aromatic carbocycles. The van der Waals surface area contributed by atoms with Crippen molar-refractivity contribution in [1.29, 1.82) is 0 Å². The molecule has 0 heterocycles. The summed E-state index contributed by atoms with van der Waals surface area (Å²) in [7, 11) is -2.43. The van der Waals surface area contributed by atoms with Crippen LogP contribution in [-0.2, 0) is 32.6 Å². The lowest BCUT2D eigenvalue weighted by Gasteiger charge is -2.33. The summed E-state index contributed by atoms with van der Waals surface area (Å²) in [5, 5.41) is 2.93. The van der Waals surface area contributed by atoms with Crippen molar-refractivity contribution in [2.24, 2.45) is 0 Å². The number of para-hydroxylation sites is 2. The number of nitrogens with zero attached hydrogens (tertiary/aromatic N) is 2. The second kappa shape index (κ2) is 13.8. The Hall–Kier alpha value is -3.85. The van der Waals surface area contributed by atoms with Crippen LogP contribution in [0.15, 0.2) is 78.9 Å². The number of benzene rings is 3. The van der Waals surface area contributed by atoms with Crippen LogP contribution in [0.25, 0.3) is 0 Å². The number of ether oxygens (including phenoxy) is 1. The summed E-state index contributed by atoms with van der Waals surface area (Å²) < 4.78 is 32.2. The Balaban J connectivity index is 2.06. The molecule has 1 N–H and O–H groups in total. The topological polar surface area (TPSA) is 96.0 Å². The van der Waals surface area contributed by atoms with Crippen LogP contribution in [0.5, 0.6) is 5.75 Å². The fourth-order valence-corrected chi connectivity index (χ4v) is 5.21. The number of rotatable bonds is 13. The molecule has 8 nitrogen and oxygen atoms in total. The van der Waals surface area contributed by atoms with Gasteiger partial charge in [-0.15, -0.1) is 0 Å². The molecule has 0 bridgehead atoms. The highest BCUT2D eigenvalue weighted by molar-refractivity contribution is 7.92. The number of amides is 2. The molecule has 0 spiro atoms. The molecular formula is C30H37N3O5S. The number of hydrogen-bond donors (Lipinski definition) is 1. The van der Waals surface area contributed by atoms with Crippen molar-refractivity contribution in [1.82, 2.24) is 10.2 Å². The Labute approximate surface area is 231 Å². The van der Waals surface area contributed by atoms with Gasteiger partial charge >= 0.3 is 0 Å². The fraction of sp³-hybridized carbons (Fsp3) is 0.333. The van der Waals surface area contributed by atoms with Gasteiger partial charge in [0.05, 0.1) is 19.1 Å². The minimum atomic E-state index is -3.87. The molecule has 0 radical (unpaired) electrons. The largest absolute Gasteiger partial charge is 0.495 e. The van der Waals surface area contributed by atoms with E-state index in [0.29, 0.717) is 12.3 Å². The molecule has 208 valence electrons. The normalized spacial score (nSPS) is 11.9. The first-order valence-electron chi connectivity index (χ1n) is 12.9. The van der Waals surface area contributed by atoms with Gasteiger partial charge in [-0.25, -0.2) is 8.42 Å². The molecule has 0 aromatic heterocycles. The van der Waals surface area contributed by atoms with Crippen LogP contribution in [0.4, 0.5) is 5.69 Å². The van der Waals surface area contributed by atoms with Crippen molar-refractivity contribution in [3.8, 4) is 5.75 Å². The first kappa shape index (κ1) is 29.7. The van der Waals surface area contributed by atoms with Gasteiger partial charge in [0.25, 0.3) is 0 Å². The average molecular weight is 552 g/mol. The van der Waals surface area contributed by atoms with E-state index in [0.717, 1.165) is 33.7 Å². The molecular weight excluding hydrogens is 514 g/mol. The minimum absolute atomic E-state index is 0.140. The lowest BCUT2D eigenvalue weighted by Crippen LogP contribution is -2.53. The van der Waals surface area contributed by atoms with Gasteiger partial charge in [0.15, 0.2) is 0 Å². The Morgan fingerprint density at radius 1 is 0.949 bits per heavy atom. The number of aryl methyl sites for hydroxylation is 1. The number of carbonyl (C=O) groups excluding carboxylic acids is 2. The summed E-state index contributed by atoms with van der Waals surface area (Å²) in [6.45, 7) is 4.03. The third-order valence-electron chi connectivity index (χ3n) is 6.29. The molecule has 0 saturated carbocycles. The lowest BCUT2D eigenvalue weighted by atomic mass is 10.0. The molecule has 0 aliphatic rings. The van der Waals surface area contributed by atoms with Crippen molar-refractivity contribution in [3.05, 3.63) is 95.6 Å². The monoisotopic (exact) mass is 551 g/mol. The summed E-state index contributed by atoms with van der Waals surface area (Å²) in [4.78, 5) is 29.1. The van der Waals surface area contributed by atoms with Crippen molar-refractivity contribution in [2.75, 3.05) is 30.8 Å². The highest BCUT2D eigenvalue weighted by Crippen LogP contribution is 2.30. The van der Waals surface area contributed by atoms with E-state index in [1.54, 1.807) is 24.3 Å². The van der Waals surface area contributed by atoms with E-state index in [1.165, 1.54) is 12.0 Å². The molecule has 9 heteroatoms. The Kier molecular flexibility index (Phi) is 10.5. The first-order chi connectivity index (χ1) is 18.6. The SMILES string of the molecule is CCCNC(=O)C(Cc1ccccc1)N(Cc1cccc(C)c1)C(=O)CN(c1ccccc1OC)S(C)(=O)=O. The number of nitrogens with one attached hydrogen (secondary N) is 1. The van der Waals surface area contributed by atoms with Gasteiger partial charge in [-0.1, -0.05) is 79.2 Å². The van der Waals surface area contributed by atoms with Gasteiger partial charge in [-0.05, 0) is 36.6 Å². The summed E-state index contributed by atoms with van der Waals surface area (Å²) in [6, 6.07) is 23.0. The molecule has 0 aliphatic carbocycles. The van der Waals surface area contributed by atoms with Crippen molar-refractivity contribution in [3.63, 3.8) is 0 Å². The van der Waals surface area contributed by atoms with Gasteiger partial charge in [-0.2, -0.15) is 0 Å². The van der Waals surface area contributed by atoms with Crippen LogP contribution in [0.2, 0.25) is 0 Å². The molecule has 2 amide bonds. The number of anilines is 1. The highest BCUT2D eigenvalue weighted by Gasteiger charge is 2.33. The zero-order chi connectivity index (χ0) is 28.4. The van der Waals surface area contributed by atoms with Crippen LogP contribution in [0.1, 0.15) is 30.0 Å². The second-order valence-electron chi connectivity index (χ2n) is 9.45. The number of methoxy groups -OCH3 is 1. The average Bonchev–Trinajstić information content (AvgIpc) is 2.92. The van der Waals surface area contributed by atoms with E-state index in [4.69, 9.17) is 4.74 Å². The van der Waals surface area contributed by atoms with Gasteiger partial charge < -0.3 is 15.0 Å². The smallest absolute Gasteiger partial charge is 0.244 e. The molecule has 1 unspecified atom stereocenters. The van der Waals surface area contributed by atoms with E-state index < -0.39 is 28.5 Å². The second-order valence-corrected chi connectivity index (χ2v) is 11.4. The maximum Gasteiger partial charge on any atom is 0.244 e. The van der Waals surface area contributed by atoms with Crippen molar-refractivity contribution >= 4 is 27.5 Å². The minimum Gasteiger partial charge on any atom is -0.495 e. The Bertz CT molecular complexity index is 1360. The van der Waals surface area contributed by atoms with Crippen LogP contribution in [0.3, 0.4) is 0 Å². The molecule has 3 rings (SSSR count). The molecule has 0 saturated heterocycles. The third-order valence-corrected chi connectivity index (χ3v) is 7.42. The van der Waals surface area contributed by atoms with Crippen LogP contribution in [0, 0.1) is 6.92 Å². The zero-order valence-corrected chi connectivity index (χ0v) is 23.8. The predicted molar refractivity (Wildman–Crippen MR) is 154 cm³/mol. The molecule has 0 fully saturated rings. The predicted octanol–water partition coefficient (Wildman–Crippen LogP) is 3.94. The molecule has 39 heavy (non-hydrogen) atoms. The zero-order valence-electron chi connectivity index (χ0n) is 23.0. The fourth-order valence-electron chi connectivity index (χ4n) is 4.36. The maximum atomic E-state index is 14.1. The number of sulfonamides is 1. The van der Waals surface area contributed by atoms with E-state index in [-0.39, 0.29) is 24.6 Å². The van der Waals surface area contributed by atoms with Gasteiger partial charge in [0.2, 0.25) is 21.8 Å². The Morgan fingerprint density at radius 2 is 1.62 bits per heavy atom. The Morgan fingerprint density at radius 3 is 2.26 bits per heavy atom. The van der Waals surface area contributed by atoms with E-state index >= 15 is 0 Å². The van der Waals surface area contributed by atoms with Gasteiger partial charge in [-0.3, -0.25) is 13.9 Å². The summed E-state index contributed by atoms with van der Waals surface area (Å²) in [5.41, 5.74) is 3.00. The van der Waals surface area contributed by atoms with Crippen LogP contribution < -0.4 is 14.4 Å². The van der Waals surface area contributed by atoms with Crippen molar-refractivity contribution < 1.29 is 22.7 Å². The number of hydrogen-bond acceptors (Lipinski definition) is 5. The summed E-state index contributed by atoms with van der Waals surface area (Å²) in [5.74, 6) is -0.465. The van der Waals surface area contributed by atoms with E-state index in [2.05, 4.69) is 5.32 Å². The van der Waals surface area contributed by atoms with Crippen LogP contribution >= 0.6 is 0 Å². The molecule has 3 aromatic rings. The summed E-state index contributed by atoms with van der Waals surface area (Å²) in [6.07, 6.45) is 2.07. The van der Waals surface area contributed by atoms with E-state index in [9.17, 15) is 18.0 Å². The van der Waals surface area contributed by atoms with Crippen LogP contribution in [-0.4, -0.2) is 57.6 Å². The number of carbonyl (C=O) groups is 2. The molecule has 0 aliphatic heterocycles. The third kappa shape index (κ3) is 8.32. The standard InChI is InChI=1S/C30H37N3O5S/c1-5-18-31-30(35)27(20-24-13-7-6-8-14-24)32(21-25-15-11-12-23(2)19-25)29(34)22-33(39(4,36)37)26-16-9-10-17-28(26)38-3/h6-17,19,27H,5,18,20-22H2,1-4H3,(H,31,35). The van der Waals surface area contributed by atoms with Crippen molar-refractivity contribution in [2.45, 2.75) is 39.3 Å². The highest BCUT2D eigenvalue weighted by atomic mass is 32.2. The van der Waals surface area contributed by atoms with E-state index in [1.807, 2.05) is 68.4 Å². The van der Waals surface area contributed by atoms with Gasteiger partial charge in [0, 0.05) is 19.5 Å².